The van der Waals surface area contributed by atoms with Gasteiger partial charge in [0.2, 0.25) is 0 Å². The monoisotopic (exact) mass is 375 g/mol. The minimum absolute atomic E-state index is 0.158. The Kier molecular flexibility index (Phi) is 4.15. The number of carbonyl (C=O) groups is 1. The van der Waals surface area contributed by atoms with Gasteiger partial charge < -0.3 is 4.90 Å². The molecule has 2 saturated heterocycles. The maximum Gasteiger partial charge on any atom is 0.401 e. The summed E-state index contributed by atoms with van der Waals surface area (Å²) in [4.78, 5) is 21.3. The van der Waals surface area contributed by atoms with E-state index in [9.17, 15) is 23.2 Å². The summed E-state index contributed by atoms with van der Waals surface area (Å²) in [5.74, 6) is 0. The van der Waals surface area contributed by atoms with Gasteiger partial charge in [0.15, 0.2) is 0 Å². The fourth-order valence-corrected chi connectivity index (χ4v) is 3.71. The second kappa shape index (κ2) is 6.39. The maximum atomic E-state index is 13.0. The molecule has 9 heteroatoms. The largest absolute Gasteiger partial charge is 0.401 e. The van der Waals surface area contributed by atoms with E-state index >= 15 is 0 Å². The van der Waals surface area contributed by atoms with Crippen molar-refractivity contribution >= 4 is 22.5 Å². The van der Waals surface area contributed by atoms with Crippen LogP contribution < -0.4 is 4.90 Å². The normalized spacial score (nSPS) is 21.6. The molecule has 1 aromatic carbocycles. The molecule has 2 aliphatic heterocycles. The number of nitriles is 1. The molecule has 0 aliphatic carbocycles. The highest BCUT2D eigenvalue weighted by molar-refractivity contribution is 6.04. The van der Waals surface area contributed by atoms with Gasteiger partial charge in [-0.25, -0.2) is 4.79 Å². The Hall–Kier alpha value is -2.86. The third-order valence-corrected chi connectivity index (χ3v) is 4.97. The number of alkyl halides is 3. The number of halogens is 3. The maximum absolute atomic E-state index is 13.0. The summed E-state index contributed by atoms with van der Waals surface area (Å²) in [6, 6.07) is 8.16. The minimum Gasteiger partial charge on any atom is -0.316 e. The van der Waals surface area contributed by atoms with E-state index < -0.39 is 18.8 Å². The zero-order valence-corrected chi connectivity index (χ0v) is 14.2. The van der Waals surface area contributed by atoms with Crippen LogP contribution in [0.4, 0.5) is 23.7 Å². The molecule has 27 heavy (non-hydrogen) atoms. The van der Waals surface area contributed by atoms with Crippen LogP contribution in [0.2, 0.25) is 0 Å². The van der Waals surface area contributed by atoms with Crippen LogP contribution in [0.25, 0.3) is 10.8 Å². The van der Waals surface area contributed by atoms with Crippen molar-refractivity contribution in [3.63, 3.8) is 0 Å². The van der Waals surface area contributed by atoms with Crippen molar-refractivity contribution in [2.45, 2.75) is 18.3 Å². The first-order chi connectivity index (χ1) is 12.9. The Balaban J connectivity index is 1.57. The van der Waals surface area contributed by atoms with Crippen LogP contribution in [0.5, 0.6) is 0 Å². The SMILES string of the molecule is N#C[C@@H]1CN(C2CN(CC(F)(F)F)C2)C(=O)N1c1cncc2ccccc12. The lowest BCUT2D eigenvalue weighted by Crippen LogP contribution is -2.61. The lowest BCUT2D eigenvalue weighted by molar-refractivity contribution is -0.158. The van der Waals surface area contributed by atoms with Crippen LogP contribution in [0.1, 0.15) is 0 Å². The quantitative estimate of drug-likeness (QED) is 0.827. The number of hydrogen-bond donors (Lipinski definition) is 0. The molecule has 0 saturated carbocycles. The van der Waals surface area contributed by atoms with Gasteiger partial charge in [-0.05, 0) is 0 Å². The van der Waals surface area contributed by atoms with Gasteiger partial charge in [0, 0.05) is 30.1 Å². The number of benzene rings is 1. The van der Waals surface area contributed by atoms with E-state index in [1.165, 1.54) is 14.7 Å². The molecule has 2 aliphatic rings. The van der Waals surface area contributed by atoms with E-state index in [1.807, 2.05) is 24.3 Å². The number of hydrogen-bond acceptors (Lipinski definition) is 4. The van der Waals surface area contributed by atoms with Crippen molar-refractivity contribution in [1.29, 1.82) is 5.26 Å². The number of fused-ring (bicyclic) bond motifs is 1. The predicted octanol–water partition coefficient (Wildman–Crippen LogP) is 2.62. The molecule has 140 valence electrons. The van der Waals surface area contributed by atoms with Gasteiger partial charge in [-0.15, -0.1) is 0 Å². The molecule has 1 atom stereocenters. The number of rotatable bonds is 3. The number of anilines is 1. The second-order valence-corrected chi connectivity index (χ2v) is 6.79. The average molecular weight is 375 g/mol. The summed E-state index contributed by atoms with van der Waals surface area (Å²) in [6.07, 6.45) is -1.03. The molecular formula is C18H16F3N5O. The number of nitrogens with zero attached hydrogens (tertiary/aromatic N) is 5. The fraction of sp³-hybridized carbons (Fsp3) is 0.389. The van der Waals surface area contributed by atoms with Gasteiger partial charge in [-0.2, -0.15) is 18.4 Å². The summed E-state index contributed by atoms with van der Waals surface area (Å²) < 4.78 is 37.4. The van der Waals surface area contributed by atoms with Crippen LogP contribution in [0.15, 0.2) is 36.7 Å². The molecule has 2 fully saturated rings. The third-order valence-electron chi connectivity index (χ3n) is 4.97. The van der Waals surface area contributed by atoms with Gasteiger partial charge in [0.05, 0.1) is 37.1 Å². The molecule has 1 aromatic heterocycles. The molecule has 2 aromatic rings. The number of carbonyl (C=O) groups excluding carboxylic acids is 1. The fourth-order valence-electron chi connectivity index (χ4n) is 3.71. The molecule has 0 radical (unpaired) electrons. The minimum atomic E-state index is -4.25. The van der Waals surface area contributed by atoms with E-state index in [1.54, 1.807) is 12.4 Å². The second-order valence-electron chi connectivity index (χ2n) is 6.79. The molecule has 6 nitrogen and oxygen atoms in total. The molecule has 0 spiro atoms. The lowest BCUT2D eigenvalue weighted by atomic mass is 10.1. The molecule has 0 N–H and O–H groups in total. The molecular weight excluding hydrogens is 359 g/mol. The van der Waals surface area contributed by atoms with Gasteiger partial charge >= 0.3 is 12.2 Å². The van der Waals surface area contributed by atoms with Crippen molar-refractivity contribution in [3.8, 4) is 6.07 Å². The van der Waals surface area contributed by atoms with E-state index in [-0.39, 0.29) is 31.7 Å². The van der Waals surface area contributed by atoms with Gasteiger partial charge in [-0.3, -0.25) is 14.8 Å². The van der Waals surface area contributed by atoms with E-state index in [4.69, 9.17) is 0 Å². The van der Waals surface area contributed by atoms with Gasteiger partial charge in [0.25, 0.3) is 0 Å². The summed E-state index contributed by atoms with van der Waals surface area (Å²) in [7, 11) is 0. The van der Waals surface area contributed by atoms with E-state index in [2.05, 4.69) is 11.1 Å². The van der Waals surface area contributed by atoms with Crippen molar-refractivity contribution in [3.05, 3.63) is 36.7 Å². The number of amides is 2. The van der Waals surface area contributed by atoms with Crippen molar-refractivity contribution in [2.75, 3.05) is 31.1 Å². The molecule has 0 bridgehead atoms. The Labute approximate surface area is 153 Å². The molecule has 2 amide bonds. The highest BCUT2D eigenvalue weighted by Gasteiger charge is 2.47. The van der Waals surface area contributed by atoms with Crippen molar-refractivity contribution in [2.24, 2.45) is 0 Å². The van der Waals surface area contributed by atoms with Crippen LogP contribution in [0, 0.1) is 11.3 Å². The number of aromatic nitrogens is 1. The van der Waals surface area contributed by atoms with Crippen LogP contribution >= 0.6 is 0 Å². The number of urea groups is 1. The van der Waals surface area contributed by atoms with E-state index in [0.29, 0.717) is 5.69 Å². The summed E-state index contributed by atoms with van der Waals surface area (Å²) in [5, 5.41) is 11.2. The Morgan fingerprint density at radius 1 is 1.19 bits per heavy atom. The number of pyridine rings is 1. The van der Waals surface area contributed by atoms with Crippen molar-refractivity contribution < 1.29 is 18.0 Å². The lowest BCUT2D eigenvalue weighted by Gasteiger charge is -2.43. The number of likely N-dealkylation sites (tertiary alicyclic amines) is 1. The summed E-state index contributed by atoms with van der Waals surface area (Å²) >= 11 is 0. The zero-order valence-electron chi connectivity index (χ0n) is 14.2. The summed E-state index contributed by atoms with van der Waals surface area (Å²) in [6.45, 7) is -0.497. The van der Waals surface area contributed by atoms with Crippen LogP contribution in [-0.4, -0.2) is 65.3 Å². The summed E-state index contributed by atoms with van der Waals surface area (Å²) in [5.41, 5.74) is 0.540. The van der Waals surface area contributed by atoms with Crippen LogP contribution in [0.3, 0.4) is 0 Å². The van der Waals surface area contributed by atoms with Gasteiger partial charge in [0.1, 0.15) is 6.04 Å². The van der Waals surface area contributed by atoms with Gasteiger partial charge in [-0.1, -0.05) is 24.3 Å². The van der Waals surface area contributed by atoms with Crippen LogP contribution in [-0.2, 0) is 0 Å². The highest BCUT2D eigenvalue weighted by atomic mass is 19.4. The highest BCUT2D eigenvalue weighted by Crippen LogP contribution is 2.33. The predicted molar refractivity (Wildman–Crippen MR) is 92.0 cm³/mol. The molecule has 0 unspecified atom stereocenters. The first-order valence-corrected chi connectivity index (χ1v) is 8.48. The smallest absolute Gasteiger partial charge is 0.316 e. The Morgan fingerprint density at radius 2 is 1.93 bits per heavy atom. The Morgan fingerprint density at radius 3 is 2.63 bits per heavy atom. The first-order valence-electron chi connectivity index (χ1n) is 8.48. The van der Waals surface area contributed by atoms with E-state index in [0.717, 1.165) is 10.8 Å². The average Bonchev–Trinajstić information content (AvgIpc) is 2.92. The zero-order chi connectivity index (χ0) is 19.2. The molecule has 4 rings (SSSR count). The van der Waals surface area contributed by atoms with Crippen molar-refractivity contribution in [1.82, 2.24) is 14.8 Å². The standard InChI is InChI=1S/C18H16F3N5O/c19-18(20,21)11-24-8-14(9-24)25-10-13(5-22)26(17(25)27)16-7-23-6-12-3-1-2-4-15(12)16/h1-4,6-7,13-14H,8-11H2/t13-/m1/s1. The first kappa shape index (κ1) is 17.5. The third kappa shape index (κ3) is 3.17. The Bertz CT molecular complexity index is 914. The molecule has 3 heterocycles. The topological polar surface area (TPSA) is 63.5 Å².